The van der Waals surface area contributed by atoms with Crippen LogP contribution >= 0.6 is 0 Å². The second-order valence-electron chi connectivity index (χ2n) is 0.877. The molecular formula is C4H8O3. The molecule has 0 aromatic heterocycles. The largest absolute Gasteiger partial charge is 0.481 e. The van der Waals surface area contributed by atoms with E-state index in [9.17, 15) is 4.79 Å². The van der Waals surface area contributed by atoms with Gasteiger partial charge in [-0.3, -0.25) is 4.79 Å². The zero-order valence-electron chi connectivity index (χ0n) is 7.51. The highest BCUT2D eigenvalue weighted by Gasteiger charge is 2.00. The SMILES string of the molecule is [2H]C[C@@]([2H])(O)C([2H])([2H])C(=O)O. The quantitative estimate of drug-likeness (QED) is 0.517. The third-order valence-electron chi connectivity index (χ3n) is 0.251. The lowest BCUT2D eigenvalue weighted by atomic mass is 10.3. The van der Waals surface area contributed by atoms with Gasteiger partial charge in [0.2, 0.25) is 0 Å². The first kappa shape index (κ1) is 2.13. The van der Waals surface area contributed by atoms with E-state index in [0.717, 1.165) is 0 Å². The lowest BCUT2D eigenvalue weighted by Gasteiger charge is -1.94. The Morgan fingerprint density at radius 1 is 2.43 bits per heavy atom. The molecule has 0 aliphatic carbocycles. The van der Waals surface area contributed by atoms with Gasteiger partial charge in [0.05, 0.1) is 13.8 Å². The van der Waals surface area contributed by atoms with Crippen molar-refractivity contribution < 1.29 is 20.5 Å². The summed E-state index contributed by atoms with van der Waals surface area (Å²) in [6, 6.07) is 0. The number of carbonyl (C=O) groups is 1. The highest BCUT2D eigenvalue weighted by atomic mass is 16.4. The maximum absolute atomic E-state index is 10.1. The van der Waals surface area contributed by atoms with Crippen LogP contribution in [-0.4, -0.2) is 22.3 Å². The number of rotatable bonds is 2. The highest BCUT2D eigenvalue weighted by molar-refractivity contribution is 5.67. The van der Waals surface area contributed by atoms with Crippen molar-refractivity contribution in [3.63, 3.8) is 0 Å². The summed E-state index contributed by atoms with van der Waals surface area (Å²) in [5.74, 6) is -1.94. The third-order valence-corrected chi connectivity index (χ3v) is 0.251. The fourth-order valence-corrected chi connectivity index (χ4v) is 0.123. The van der Waals surface area contributed by atoms with Crippen LogP contribution in [0.5, 0.6) is 0 Å². The van der Waals surface area contributed by atoms with Crippen LogP contribution in [0.25, 0.3) is 0 Å². The van der Waals surface area contributed by atoms with E-state index in [2.05, 4.69) is 0 Å². The first-order valence-corrected chi connectivity index (χ1v) is 1.50. The van der Waals surface area contributed by atoms with E-state index in [0.29, 0.717) is 0 Å². The first-order valence-electron chi connectivity index (χ1n) is 3.71. The van der Waals surface area contributed by atoms with E-state index in [4.69, 9.17) is 15.7 Å². The smallest absolute Gasteiger partial charge is 0.305 e. The predicted octanol–water partition coefficient (Wildman–Crippen LogP) is -0.158. The summed E-state index contributed by atoms with van der Waals surface area (Å²) in [6.07, 6.45) is -5.99. The third kappa shape index (κ3) is 5.43. The van der Waals surface area contributed by atoms with E-state index in [1.165, 1.54) is 0 Å². The van der Waals surface area contributed by atoms with Crippen molar-refractivity contribution in [2.75, 3.05) is 0 Å². The van der Waals surface area contributed by atoms with Gasteiger partial charge in [-0.15, -0.1) is 0 Å². The standard InChI is InChI=1S/C4H8O3/c1-3(5)2-4(6)7/h3,5H,2H2,1H3,(H,6,7)/t3-/m1/s1/i1D,2D2,3D. The number of aliphatic hydroxyl groups is 1. The Morgan fingerprint density at radius 3 is 3.14 bits per heavy atom. The Hall–Kier alpha value is -0.570. The Labute approximate surface area is 47.2 Å². The molecule has 0 saturated carbocycles. The molecule has 3 heteroatoms. The Kier molecular flexibility index (Phi) is 0.785. The number of carboxylic acid groups (broad SMARTS) is 1. The predicted molar refractivity (Wildman–Crippen MR) is 23.9 cm³/mol. The Morgan fingerprint density at radius 2 is 3.00 bits per heavy atom. The molecule has 42 valence electrons. The van der Waals surface area contributed by atoms with Crippen LogP contribution in [0, 0.1) is 0 Å². The fourth-order valence-electron chi connectivity index (χ4n) is 0.123. The minimum atomic E-state index is -3.10. The maximum atomic E-state index is 10.1. The molecule has 0 aliphatic rings. The van der Waals surface area contributed by atoms with E-state index >= 15 is 0 Å². The van der Waals surface area contributed by atoms with Crippen LogP contribution in [0.15, 0.2) is 0 Å². The molecular weight excluding hydrogens is 96.0 g/mol. The van der Waals surface area contributed by atoms with Crippen molar-refractivity contribution in [3.05, 3.63) is 0 Å². The van der Waals surface area contributed by atoms with Crippen LogP contribution in [-0.2, 0) is 4.79 Å². The molecule has 0 fully saturated rings. The van der Waals surface area contributed by atoms with Crippen molar-refractivity contribution in [2.45, 2.75) is 19.4 Å². The zero-order valence-corrected chi connectivity index (χ0v) is 3.51. The summed E-state index contributed by atoms with van der Waals surface area (Å²) in [5, 5.41) is 16.9. The monoisotopic (exact) mass is 108 g/mol. The van der Waals surface area contributed by atoms with Gasteiger partial charge < -0.3 is 10.2 Å². The van der Waals surface area contributed by atoms with Gasteiger partial charge >= 0.3 is 5.97 Å². The molecule has 0 rings (SSSR count). The van der Waals surface area contributed by atoms with Gasteiger partial charge in [0.25, 0.3) is 0 Å². The number of hydrogen-bond acceptors (Lipinski definition) is 2. The maximum Gasteiger partial charge on any atom is 0.305 e. The summed E-state index contributed by atoms with van der Waals surface area (Å²) in [7, 11) is 0. The molecule has 0 amide bonds. The molecule has 0 bridgehead atoms. The second-order valence-corrected chi connectivity index (χ2v) is 0.877. The van der Waals surface area contributed by atoms with Crippen LogP contribution < -0.4 is 0 Å². The highest BCUT2D eigenvalue weighted by Crippen LogP contribution is 1.85. The normalized spacial score (nSPS) is 28.1. The van der Waals surface area contributed by atoms with Crippen LogP contribution in [0.4, 0.5) is 0 Å². The summed E-state index contributed by atoms with van der Waals surface area (Å²) in [5.41, 5.74) is 0. The second kappa shape index (κ2) is 2.58. The molecule has 0 spiro atoms. The molecule has 0 heterocycles. The van der Waals surface area contributed by atoms with E-state index in [1.807, 2.05) is 0 Å². The zero-order chi connectivity index (χ0) is 9.28. The van der Waals surface area contributed by atoms with E-state index in [1.54, 1.807) is 0 Å². The van der Waals surface area contributed by atoms with Gasteiger partial charge in [-0.2, -0.15) is 0 Å². The Balaban J connectivity index is 4.67. The molecule has 0 unspecified atom stereocenters. The molecule has 0 aromatic rings. The van der Waals surface area contributed by atoms with Crippen molar-refractivity contribution in [3.8, 4) is 0 Å². The van der Waals surface area contributed by atoms with Crippen LogP contribution in [0.1, 0.15) is 18.8 Å². The van der Waals surface area contributed by atoms with Gasteiger partial charge in [-0.25, -0.2) is 0 Å². The van der Waals surface area contributed by atoms with Crippen LogP contribution in [0.2, 0.25) is 0 Å². The van der Waals surface area contributed by atoms with E-state index in [-0.39, 0.29) is 0 Å². The van der Waals surface area contributed by atoms with Crippen molar-refractivity contribution >= 4 is 5.97 Å². The average Bonchev–Trinajstić information content (AvgIpc) is 1.87. The molecule has 1 atom stereocenters. The molecule has 7 heavy (non-hydrogen) atoms. The van der Waals surface area contributed by atoms with Gasteiger partial charge in [0.1, 0.15) is 0 Å². The minimum absolute atomic E-state index is 1.02. The molecule has 2 N–H and O–H groups in total. The lowest BCUT2D eigenvalue weighted by molar-refractivity contribution is -0.138. The first-order chi connectivity index (χ1) is 4.75. The summed E-state index contributed by atoms with van der Waals surface area (Å²) < 4.78 is 26.6. The number of hydrogen-bond donors (Lipinski definition) is 2. The van der Waals surface area contributed by atoms with E-state index < -0.39 is 25.3 Å². The molecule has 3 nitrogen and oxygen atoms in total. The van der Waals surface area contributed by atoms with Gasteiger partial charge in [-0.05, 0) is 6.90 Å². The summed E-state index contributed by atoms with van der Waals surface area (Å²) in [4.78, 5) is 10.1. The number of carboxylic acids is 1. The van der Waals surface area contributed by atoms with Gasteiger partial charge in [0.15, 0.2) is 0 Å². The van der Waals surface area contributed by atoms with Gasteiger partial charge in [0, 0.05) is 4.11 Å². The molecule has 0 saturated heterocycles. The summed E-state index contributed by atoms with van der Waals surface area (Å²) >= 11 is 0. The number of aliphatic carboxylic acids is 1. The Bertz CT molecular complexity index is 167. The summed E-state index contributed by atoms with van der Waals surface area (Å²) in [6.45, 7) is -1.02. The van der Waals surface area contributed by atoms with Crippen molar-refractivity contribution in [1.29, 1.82) is 0 Å². The molecule has 0 aliphatic heterocycles. The fraction of sp³-hybridized carbons (Fsp3) is 0.750. The van der Waals surface area contributed by atoms with Crippen molar-refractivity contribution in [1.82, 2.24) is 0 Å². The topological polar surface area (TPSA) is 57.5 Å². The molecule has 0 aromatic carbocycles. The lowest BCUT2D eigenvalue weighted by Crippen LogP contribution is -2.07. The average molecular weight is 108 g/mol. The van der Waals surface area contributed by atoms with Gasteiger partial charge in [-0.1, -0.05) is 0 Å². The minimum Gasteiger partial charge on any atom is -0.481 e. The molecule has 0 radical (unpaired) electrons. The van der Waals surface area contributed by atoms with Crippen molar-refractivity contribution in [2.24, 2.45) is 0 Å². The van der Waals surface area contributed by atoms with Crippen LogP contribution in [0.3, 0.4) is 0 Å².